The van der Waals surface area contributed by atoms with Crippen LogP contribution in [0, 0.1) is 0 Å². The van der Waals surface area contributed by atoms with E-state index in [9.17, 15) is 4.79 Å². The van der Waals surface area contributed by atoms with Gasteiger partial charge in [0.15, 0.2) is 11.6 Å². The van der Waals surface area contributed by atoms with Crippen molar-refractivity contribution in [2.24, 2.45) is 0 Å². The number of H-pyrrole nitrogens is 1. The van der Waals surface area contributed by atoms with Crippen LogP contribution in [0.3, 0.4) is 0 Å². The van der Waals surface area contributed by atoms with E-state index in [-0.39, 0.29) is 5.78 Å². The molecule has 0 aliphatic carbocycles. The molecule has 0 aliphatic heterocycles. The van der Waals surface area contributed by atoms with Gasteiger partial charge in [-0.1, -0.05) is 53.7 Å². The summed E-state index contributed by atoms with van der Waals surface area (Å²) in [4.78, 5) is 16.6. The highest BCUT2D eigenvalue weighted by molar-refractivity contribution is 7.99. The molecule has 0 aliphatic rings. The summed E-state index contributed by atoms with van der Waals surface area (Å²) in [5.74, 6) is 2.20. The van der Waals surface area contributed by atoms with E-state index in [1.165, 1.54) is 11.8 Å². The van der Waals surface area contributed by atoms with Crippen molar-refractivity contribution < 1.29 is 9.53 Å². The lowest BCUT2D eigenvalue weighted by Crippen LogP contribution is -1.99. The van der Waals surface area contributed by atoms with Gasteiger partial charge < -0.3 is 4.74 Å². The Morgan fingerprint density at radius 3 is 2.81 bits per heavy atom. The zero-order valence-electron chi connectivity index (χ0n) is 14.2. The third kappa shape index (κ3) is 4.65. The second-order valence-electron chi connectivity index (χ2n) is 5.55. The molecule has 0 amide bonds. The van der Waals surface area contributed by atoms with Crippen LogP contribution >= 0.6 is 23.4 Å². The molecule has 0 bridgehead atoms. The maximum absolute atomic E-state index is 12.1. The van der Waals surface area contributed by atoms with E-state index in [0.717, 1.165) is 23.3 Å². The van der Waals surface area contributed by atoms with Crippen LogP contribution in [0.5, 0.6) is 5.75 Å². The Morgan fingerprint density at radius 2 is 2.04 bits per heavy atom. The Kier molecular flexibility index (Phi) is 6.30. The highest BCUT2D eigenvalue weighted by Crippen LogP contribution is 2.31. The first-order valence-corrected chi connectivity index (χ1v) is 9.51. The number of halogens is 1. The molecule has 5 nitrogen and oxygen atoms in total. The van der Waals surface area contributed by atoms with Crippen molar-refractivity contribution in [3.05, 3.63) is 59.1 Å². The minimum atomic E-state index is 0.158. The molecule has 1 aromatic heterocycles. The van der Waals surface area contributed by atoms with E-state index in [4.69, 9.17) is 16.3 Å². The van der Waals surface area contributed by atoms with Gasteiger partial charge in [0.25, 0.3) is 0 Å². The molecule has 7 heteroatoms. The Bertz CT molecular complexity index is 884. The second-order valence-corrected chi connectivity index (χ2v) is 7.05. The maximum Gasteiger partial charge on any atom is 0.208 e. The molecule has 1 N–H and O–H groups in total. The quantitative estimate of drug-likeness (QED) is 0.338. The number of Topliss-reactive ketones (excluding diaryl/α,β-unsaturated/α-hetero) is 1. The van der Waals surface area contributed by atoms with Crippen molar-refractivity contribution in [1.29, 1.82) is 0 Å². The van der Waals surface area contributed by atoms with Crippen molar-refractivity contribution in [2.75, 3.05) is 12.9 Å². The molecule has 134 valence electrons. The predicted molar refractivity (Wildman–Crippen MR) is 104 cm³/mol. The summed E-state index contributed by atoms with van der Waals surface area (Å²) >= 11 is 7.57. The first-order chi connectivity index (χ1) is 12.7. The van der Waals surface area contributed by atoms with Crippen molar-refractivity contribution in [3.8, 4) is 17.1 Å². The third-order valence-electron chi connectivity index (χ3n) is 3.76. The van der Waals surface area contributed by atoms with E-state index in [1.807, 2.05) is 30.3 Å². The van der Waals surface area contributed by atoms with Crippen molar-refractivity contribution in [1.82, 2.24) is 15.2 Å². The highest BCUT2D eigenvalue weighted by atomic mass is 35.5. The molecule has 3 rings (SSSR count). The molecule has 0 atom stereocenters. The lowest BCUT2D eigenvalue weighted by Gasteiger charge is -2.05. The zero-order chi connectivity index (χ0) is 18.4. The van der Waals surface area contributed by atoms with Gasteiger partial charge >= 0.3 is 0 Å². The lowest BCUT2D eigenvalue weighted by molar-refractivity contribution is 0.0982. The van der Waals surface area contributed by atoms with Crippen LogP contribution < -0.4 is 4.74 Å². The molecule has 0 spiro atoms. The third-order valence-corrected chi connectivity index (χ3v) is 4.93. The number of benzene rings is 2. The minimum Gasteiger partial charge on any atom is -0.496 e. The Labute approximate surface area is 161 Å². The van der Waals surface area contributed by atoms with Crippen molar-refractivity contribution in [2.45, 2.75) is 18.0 Å². The molecule has 3 aromatic rings. The van der Waals surface area contributed by atoms with Crippen LogP contribution in [-0.4, -0.2) is 33.8 Å². The molecule has 26 heavy (non-hydrogen) atoms. The van der Waals surface area contributed by atoms with Crippen LogP contribution in [0.1, 0.15) is 23.2 Å². The minimum absolute atomic E-state index is 0.158. The van der Waals surface area contributed by atoms with E-state index in [1.54, 1.807) is 25.3 Å². The monoisotopic (exact) mass is 387 g/mol. The molecule has 0 unspecified atom stereocenters. The smallest absolute Gasteiger partial charge is 0.208 e. The lowest BCUT2D eigenvalue weighted by atomic mass is 10.1. The summed E-state index contributed by atoms with van der Waals surface area (Å²) in [7, 11) is 1.60. The van der Waals surface area contributed by atoms with Gasteiger partial charge in [-0.3, -0.25) is 9.89 Å². The number of rotatable bonds is 8. The Balaban J connectivity index is 1.55. The number of carbonyl (C=O) groups is 1. The van der Waals surface area contributed by atoms with Gasteiger partial charge in [0.2, 0.25) is 5.16 Å². The molecule has 0 saturated heterocycles. The van der Waals surface area contributed by atoms with Gasteiger partial charge in [0.1, 0.15) is 5.75 Å². The summed E-state index contributed by atoms with van der Waals surface area (Å²) < 4.78 is 5.34. The fourth-order valence-corrected chi connectivity index (χ4v) is 3.37. The van der Waals surface area contributed by atoms with Gasteiger partial charge in [-0.2, -0.15) is 0 Å². The number of aromatic amines is 1. The highest BCUT2D eigenvalue weighted by Gasteiger charge is 2.12. The molecule has 0 radical (unpaired) electrons. The maximum atomic E-state index is 12.1. The Morgan fingerprint density at radius 1 is 1.23 bits per heavy atom. The first-order valence-electron chi connectivity index (χ1n) is 8.14. The van der Waals surface area contributed by atoms with Crippen molar-refractivity contribution in [3.63, 3.8) is 0 Å². The summed E-state index contributed by atoms with van der Waals surface area (Å²) in [5, 5.41) is 8.36. The van der Waals surface area contributed by atoms with Crippen LogP contribution in [0.4, 0.5) is 0 Å². The summed E-state index contributed by atoms with van der Waals surface area (Å²) in [5.41, 5.74) is 1.52. The fourth-order valence-electron chi connectivity index (χ4n) is 2.46. The summed E-state index contributed by atoms with van der Waals surface area (Å²) in [6, 6.07) is 14.7. The number of aromatic nitrogens is 3. The summed E-state index contributed by atoms with van der Waals surface area (Å²) in [6.45, 7) is 0. The van der Waals surface area contributed by atoms with Gasteiger partial charge in [0, 0.05) is 22.8 Å². The number of ketones is 1. The Hall–Kier alpha value is -2.31. The number of hydrogen-bond acceptors (Lipinski definition) is 5. The number of ether oxygens (including phenoxy) is 1. The van der Waals surface area contributed by atoms with Crippen LogP contribution in [-0.2, 0) is 0 Å². The number of thioether (sulfide) groups is 1. The van der Waals surface area contributed by atoms with Gasteiger partial charge in [-0.25, -0.2) is 4.98 Å². The number of nitrogens with zero attached hydrogens (tertiary/aromatic N) is 2. The van der Waals surface area contributed by atoms with E-state index < -0.39 is 0 Å². The van der Waals surface area contributed by atoms with Gasteiger partial charge in [-0.15, -0.1) is 5.10 Å². The van der Waals surface area contributed by atoms with Gasteiger partial charge in [0.05, 0.1) is 12.7 Å². The first kappa shape index (κ1) is 18.5. The second kappa shape index (κ2) is 8.87. The van der Waals surface area contributed by atoms with Crippen molar-refractivity contribution >= 4 is 29.1 Å². The topological polar surface area (TPSA) is 67.9 Å². The van der Waals surface area contributed by atoms with Gasteiger partial charge in [-0.05, 0) is 24.6 Å². The van der Waals surface area contributed by atoms with Crippen LogP contribution in [0.2, 0.25) is 5.02 Å². The molecule has 0 fully saturated rings. The number of methoxy groups -OCH3 is 1. The van der Waals surface area contributed by atoms with Crippen LogP contribution in [0.15, 0.2) is 53.7 Å². The van der Waals surface area contributed by atoms with E-state index in [0.29, 0.717) is 28.2 Å². The SMILES string of the molecule is COc1ccc(Cl)cc1-c1nc(SCCCC(=O)c2ccccc2)n[nH]1. The molecule has 0 saturated carbocycles. The fraction of sp³-hybridized carbons (Fsp3) is 0.211. The average molecular weight is 388 g/mol. The molecule has 2 aromatic carbocycles. The molecular formula is C19H18ClN3O2S. The normalized spacial score (nSPS) is 10.7. The number of carbonyl (C=O) groups excluding carboxylic acids is 1. The zero-order valence-corrected chi connectivity index (χ0v) is 15.8. The van der Waals surface area contributed by atoms with E-state index >= 15 is 0 Å². The number of nitrogens with one attached hydrogen (secondary N) is 1. The summed E-state index contributed by atoms with van der Waals surface area (Å²) in [6.07, 6.45) is 1.28. The molecule has 1 heterocycles. The largest absolute Gasteiger partial charge is 0.496 e. The average Bonchev–Trinajstić information content (AvgIpc) is 3.14. The standard InChI is InChI=1S/C19H18ClN3O2S/c1-25-17-10-9-14(20)12-15(17)18-21-19(23-22-18)26-11-5-8-16(24)13-6-3-2-4-7-13/h2-4,6-7,9-10,12H,5,8,11H2,1H3,(H,21,22,23). The molecular weight excluding hydrogens is 370 g/mol. The van der Waals surface area contributed by atoms with Crippen LogP contribution in [0.25, 0.3) is 11.4 Å². The van der Waals surface area contributed by atoms with E-state index in [2.05, 4.69) is 15.2 Å². The number of hydrogen-bond donors (Lipinski definition) is 1. The predicted octanol–water partition coefficient (Wildman–Crippen LogP) is 4.89.